The Morgan fingerprint density at radius 2 is 2.04 bits per heavy atom. The summed E-state index contributed by atoms with van der Waals surface area (Å²) in [5.74, 6) is 2.64. The van der Waals surface area contributed by atoms with E-state index in [0.717, 1.165) is 12.5 Å². The maximum atomic E-state index is 5.29. The number of H-pyrrole nitrogens is 1. The first-order valence-electron chi connectivity index (χ1n) is 8.27. The molecule has 0 aliphatic rings. The molecular formula is C18H22N6O. The fourth-order valence-electron chi connectivity index (χ4n) is 2.26. The number of hydrogen-bond acceptors (Lipinski definition) is 4. The number of aromatic amines is 1. The molecular weight excluding hydrogens is 316 g/mol. The minimum Gasteiger partial charge on any atom is -0.461 e. The van der Waals surface area contributed by atoms with E-state index < -0.39 is 0 Å². The van der Waals surface area contributed by atoms with E-state index in [-0.39, 0.29) is 0 Å². The Balaban J connectivity index is 1.60. The number of nitrogens with one attached hydrogen (secondary N) is 3. The zero-order valence-electron chi connectivity index (χ0n) is 14.4. The molecule has 25 heavy (non-hydrogen) atoms. The van der Waals surface area contributed by atoms with Gasteiger partial charge in [-0.1, -0.05) is 29.8 Å². The van der Waals surface area contributed by atoms with E-state index in [1.165, 1.54) is 11.1 Å². The van der Waals surface area contributed by atoms with E-state index in [0.29, 0.717) is 30.5 Å². The number of hydrogen-bond donors (Lipinski definition) is 3. The van der Waals surface area contributed by atoms with E-state index in [4.69, 9.17) is 4.42 Å². The van der Waals surface area contributed by atoms with Gasteiger partial charge in [0.15, 0.2) is 11.7 Å². The summed E-state index contributed by atoms with van der Waals surface area (Å²) < 4.78 is 5.29. The Kier molecular flexibility index (Phi) is 5.46. The molecule has 1 aromatic carbocycles. The van der Waals surface area contributed by atoms with Crippen molar-refractivity contribution in [3.05, 3.63) is 59.6 Å². The highest BCUT2D eigenvalue weighted by Gasteiger charge is 2.08. The normalized spacial score (nSPS) is 11.5. The molecule has 0 saturated carbocycles. The van der Waals surface area contributed by atoms with Gasteiger partial charge in [-0.3, -0.25) is 5.10 Å². The second-order valence-corrected chi connectivity index (χ2v) is 5.62. The van der Waals surface area contributed by atoms with Gasteiger partial charge in [0, 0.05) is 6.54 Å². The monoisotopic (exact) mass is 338 g/mol. The minimum atomic E-state index is 0.493. The molecule has 7 heteroatoms. The van der Waals surface area contributed by atoms with Gasteiger partial charge in [0.1, 0.15) is 5.82 Å². The molecule has 0 unspecified atom stereocenters. The second-order valence-electron chi connectivity index (χ2n) is 5.62. The lowest BCUT2D eigenvalue weighted by molar-refractivity contribution is 0.577. The lowest BCUT2D eigenvalue weighted by Crippen LogP contribution is -2.37. The van der Waals surface area contributed by atoms with Crippen LogP contribution in [0.15, 0.2) is 52.1 Å². The van der Waals surface area contributed by atoms with Crippen molar-refractivity contribution in [1.82, 2.24) is 25.8 Å². The number of guanidine groups is 1. The summed E-state index contributed by atoms with van der Waals surface area (Å²) in [7, 11) is 0. The molecule has 130 valence electrons. The van der Waals surface area contributed by atoms with Crippen LogP contribution >= 0.6 is 0 Å². The Bertz CT molecular complexity index is 804. The number of aryl methyl sites for hydroxylation is 1. The summed E-state index contributed by atoms with van der Waals surface area (Å²) in [6, 6.07) is 12.0. The third-order valence-electron chi connectivity index (χ3n) is 3.58. The third kappa shape index (κ3) is 4.69. The molecule has 0 amide bonds. The highest BCUT2D eigenvalue weighted by atomic mass is 16.3. The molecule has 2 heterocycles. The van der Waals surface area contributed by atoms with Crippen molar-refractivity contribution in [3.63, 3.8) is 0 Å². The van der Waals surface area contributed by atoms with Gasteiger partial charge in [-0.2, -0.15) is 0 Å². The fraction of sp³-hybridized carbons (Fsp3) is 0.278. The summed E-state index contributed by atoms with van der Waals surface area (Å²) in [6.45, 7) is 6.00. The van der Waals surface area contributed by atoms with E-state index in [1.54, 1.807) is 6.26 Å². The largest absolute Gasteiger partial charge is 0.461 e. The number of benzene rings is 1. The molecule has 0 fully saturated rings. The van der Waals surface area contributed by atoms with E-state index in [9.17, 15) is 0 Å². The Morgan fingerprint density at radius 3 is 2.76 bits per heavy atom. The predicted octanol–water partition coefficient (Wildman–Crippen LogP) is 2.63. The van der Waals surface area contributed by atoms with Crippen LogP contribution in [-0.2, 0) is 13.1 Å². The van der Waals surface area contributed by atoms with Crippen molar-refractivity contribution in [2.75, 3.05) is 6.54 Å². The quantitative estimate of drug-likeness (QED) is 0.475. The van der Waals surface area contributed by atoms with Crippen LogP contribution < -0.4 is 10.6 Å². The first kappa shape index (κ1) is 16.8. The van der Waals surface area contributed by atoms with Gasteiger partial charge < -0.3 is 15.1 Å². The van der Waals surface area contributed by atoms with Gasteiger partial charge in [0.25, 0.3) is 0 Å². The highest BCUT2D eigenvalue weighted by Crippen LogP contribution is 2.14. The Morgan fingerprint density at radius 1 is 1.20 bits per heavy atom. The molecule has 0 bridgehead atoms. The molecule has 3 aromatic rings. The smallest absolute Gasteiger partial charge is 0.216 e. The molecule has 2 aromatic heterocycles. The van der Waals surface area contributed by atoms with Crippen molar-refractivity contribution in [2.45, 2.75) is 26.9 Å². The van der Waals surface area contributed by atoms with E-state index >= 15 is 0 Å². The van der Waals surface area contributed by atoms with Crippen molar-refractivity contribution in [3.8, 4) is 11.6 Å². The second kappa shape index (κ2) is 8.14. The fourth-order valence-corrected chi connectivity index (χ4v) is 2.26. The van der Waals surface area contributed by atoms with Crippen molar-refractivity contribution in [2.24, 2.45) is 4.99 Å². The molecule has 7 nitrogen and oxygen atoms in total. The maximum absolute atomic E-state index is 5.29. The number of furan rings is 1. The highest BCUT2D eigenvalue weighted by molar-refractivity contribution is 5.79. The van der Waals surface area contributed by atoms with Crippen LogP contribution in [0.3, 0.4) is 0 Å². The molecule has 3 rings (SSSR count). The number of nitrogens with zero attached hydrogens (tertiary/aromatic N) is 3. The Labute approximate surface area is 146 Å². The zero-order chi connectivity index (χ0) is 17.5. The average molecular weight is 338 g/mol. The lowest BCUT2D eigenvalue weighted by Gasteiger charge is -2.10. The zero-order valence-corrected chi connectivity index (χ0v) is 14.4. The van der Waals surface area contributed by atoms with Crippen LogP contribution in [0.5, 0.6) is 0 Å². The van der Waals surface area contributed by atoms with Gasteiger partial charge >= 0.3 is 0 Å². The van der Waals surface area contributed by atoms with Crippen molar-refractivity contribution in [1.29, 1.82) is 0 Å². The molecule has 0 spiro atoms. The molecule has 0 aliphatic carbocycles. The summed E-state index contributed by atoms with van der Waals surface area (Å²) in [5.41, 5.74) is 2.41. The molecule has 0 saturated heterocycles. The van der Waals surface area contributed by atoms with Gasteiger partial charge in [-0.05, 0) is 31.5 Å². The van der Waals surface area contributed by atoms with Crippen molar-refractivity contribution >= 4 is 5.96 Å². The molecule has 0 atom stereocenters. The van der Waals surface area contributed by atoms with Gasteiger partial charge in [0.2, 0.25) is 5.82 Å². The first-order chi connectivity index (χ1) is 12.2. The predicted molar refractivity (Wildman–Crippen MR) is 96.9 cm³/mol. The number of aromatic nitrogens is 3. The van der Waals surface area contributed by atoms with Gasteiger partial charge in [-0.25, -0.2) is 9.98 Å². The number of aliphatic imine (C=N–C) groups is 1. The third-order valence-corrected chi connectivity index (χ3v) is 3.58. The Hall–Kier alpha value is -3.09. The SMILES string of the molecule is CCNC(=NCc1ccc(C)cc1)NCc1nc(-c2ccco2)n[nH]1. The molecule has 3 N–H and O–H groups in total. The van der Waals surface area contributed by atoms with Crippen LogP contribution in [-0.4, -0.2) is 27.7 Å². The lowest BCUT2D eigenvalue weighted by atomic mass is 10.1. The molecule has 0 radical (unpaired) electrons. The average Bonchev–Trinajstić information content (AvgIpc) is 3.30. The topological polar surface area (TPSA) is 91.1 Å². The van der Waals surface area contributed by atoms with Crippen LogP contribution in [0.25, 0.3) is 11.6 Å². The summed E-state index contributed by atoms with van der Waals surface area (Å²) in [4.78, 5) is 9.01. The van der Waals surface area contributed by atoms with E-state index in [1.807, 2.05) is 19.1 Å². The van der Waals surface area contributed by atoms with Crippen LogP contribution in [0, 0.1) is 6.92 Å². The van der Waals surface area contributed by atoms with Gasteiger partial charge in [0.05, 0.1) is 19.4 Å². The van der Waals surface area contributed by atoms with Crippen LogP contribution in [0.4, 0.5) is 0 Å². The summed E-state index contributed by atoms with van der Waals surface area (Å²) in [6.07, 6.45) is 1.60. The first-order valence-corrected chi connectivity index (χ1v) is 8.27. The van der Waals surface area contributed by atoms with Gasteiger partial charge in [-0.15, -0.1) is 5.10 Å². The van der Waals surface area contributed by atoms with E-state index in [2.05, 4.69) is 62.0 Å². The minimum absolute atomic E-state index is 0.493. The standard InChI is InChI=1S/C18H22N6O/c1-3-19-18(20-11-14-8-6-13(2)7-9-14)21-12-16-22-17(24-23-16)15-5-4-10-25-15/h4-10H,3,11-12H2,1-2H3,(H2,19,20,21)(H,22,23,24). The molecule has 0 aliphatic heterocycles. The maximum Gasteiger partial charge on any atom is 0.216 e. The number of rotatable bonds is 6. The summed E-state index contributed by atoms with van der Waals surface area (Å²) >= 11 is 0. The summed E-state index contributed by atoms with van der Waals surface area (Å²) in [5, 5.41) is 13.5. The van der Waals surface area contributed by atoms with Crippen molar-refractivity contribution < 1.29 is 4.42 Å². The van der Waals surface area contributed by atoms with Crippen LogP contribution in [0.2, 0.25) is 0 Å². The van der Waals surface area contributed by atoms with Crippen LogP contribution in [0.1, 0.15) is 23.9 Å².